The van der Waals surface area contributed by atoms with Gasteiger partial charge in [-0.05, 0) is 31.6 Å². The third-order valence-electron chi connectivity index (χ3n) is 4.34. The lowest BCUT2D eigenvalue weighted by molar-refractivity contribution is -0.140. The Balaban J connectivity index is 1.63. The molecule has 3 unspecified atom stereocenters. The monoisotopic (exact) mass is 225 g/mol. The highest BCUT2D eigenvalue weighted by molar-refractivity contribution is 5.81. The minimum atomic E-state index is -0.198. The Morgan fingerprint density at radius 1 is 1.25 bits per heavy atom. The van der Waals surface area contributed by atoms with Gasteiger partial charge < -0.3 is 14.7 Å². The van der Waals surface area contributed by atoms with E-state index in [9.17, 15) is 9.90 Å². The number of fused-ring (bicyclic) bond motifs is 1. The fourth-order valence-electron chi connectivity index (χ4n) is 3.39. The molecule has 1 saturated carbocycles. The SMILES string of the molecule is O=C([C@H]1CCCO1)N1CC2CCC(O)C2C1. The van der Waals surface area contributed by atoms with E-state index in [4.69, 9.17) is 4.74 Å². The lowest BCUT2D eigenvalue weighted by Gasteiger charge is -2.21. The van der Waals surface area contributed by atoms with Crippen molar-refractivity contribution in [1.82, 2.24) is 4.90 Å². The van der Waals surface area contributed by atoms with Crippen molar-refractivity contribution in [2.24, 2.45) is 11.8 Å². The molecule has 0 radical (unpaired) electrons. The quantitative estimate of drug-likeness (QED) is 0.702. The first-order valence-electron chi connectivity index (χ1n) is 6.34. The van der Waals surface area contributed by atoms with Crippen molar-refractivity contribution in [3.05, 3.63) is 0 Å². The van der Waals surface area contributed by atoms with Crippen molar-refractivity contribution in [3.63, 3.8) is 0 Å². The molecular weight excluding hydrogens is 206 g/mol. The standard InChI is InChI=1S/C12H19NO3/c14-10-4-3-8-6-13(7-9(8)10)12(15)11-2-1-5-16-11/h8-11,14H,1-7H2/t8?,9?,10?,11-/m1/s1. The van der Waals surface area contributed by atoms with Gasteiger partial charge in [-0.1, -0.05) is 0 Å². The number of aliphatic hydroxyl groups is 1. The van der Waals surface area contributed by atoms with Crippen molar-refractivity contribution in [2.75, 3.05) is 19.7 Å². The summed E-state index contributed by atoms with van der Waals surface area (Å²) in [6, 6.07) is 0. The number of hydrogen-bond donors (Lipinski definition) is 1. The summed E-state index contributed by atoms with van der Waals surface area (Å²) >= 11 is 0. The Hall–Kier alpha value is -0.610. The Labute approximate surface area is 95.6 Å². The molecule has 0 aromatic carbocycles. The van der Waals surface area contributed by atoms with Crippen LogP contribution in [0.4, 0.5) is 0 Å². The van der Waals surface area contributed by atoms with Gasteiger partial charge in [0.25, 0.3) is 5.91 Å². The smallest absolute Gasteiger partial charge is 0.251 e. The molecule has 2 saturated heterocycles. The molecule has 0 aromatic heterocycles. The Morgan fingerprint density at radius 3 is 2.81 bits per heavy atom. The minimum absolute atomic E-state index is 0.152. The molecule has 4 heteroatoms. The summed E-state index contributed by atoms with van der Waals surface area (Å²) in [4.78, 5) is 14.0. The van der Waals surface area contributed by atoms with Crippen LogP contribution < -0.4 is 0 Å². The van der Waals surface area contributed by atoms with E-state index in [1.54, 1.807) is 0 Å². The number of likely N-dealkylation sites (tertiary alicyclic amines) is 1. The number of carbonyl (C=O) groups is 1. The van der Waals surface area contributed by atoms with Crippen molar-refractivity contribution in [2.45, 2.75) is 37.9 Å². The zero-order chi connectivity index (χ0) is 11.1. The van der Waals surface area contributed by atoms with Crippen LogP contribution in [0.5, 0.6) is 0 Å². The molecule has 1 aliphatic carbocycles. The minimum Gasteiger partial charge on any atom is -0.393 e. The maximum Gasteiger partial charge on any atom is 0.251 e. The average molecular weight is 225 g/mol. The van der Waals surface area contributed by atoms with E-state index in [1.165, 1.54) is 0 Å². The van der Waals surface area contributed by atoms with Gasteiger partial charge in [0.1, 0.15) is 6.10 Å². The number of amides is 1. The summed E-state index contributed by atoms with van der Waals surface area (Å²) in [5.41, 5.74) is 0. The normalized spacial score (nSPS) is 42.7. The van der Waals surface area contributed by atoms with Crippen LogP contribution in [0.3, 0.4) is 0 Å². The molecule has 4 nitrogen and oxygen atoms in total. The Morgan fingerprint density at radius 2 is 2.12 bits per heavy atom. The summed E-state index contributed by atoms with van der Waals surface area (Å²) in [5, 5.41) is 9.80. The molecule has 3 aliphatic rings. The second-order valence-electron chi connectivity index (χ2n) is 5.31. The number of hydrogen-bond acceptors (Lipinski definition) is 3. The highest BCUT2D eigenvalue weighted by Crippen LogP contribution is 2.38. The van der Waals surface area contributed by atoms with Crippen molar-refractivity contribution in [3.8, 4) is 0 Å². The maximum absolute atomic E-state index is 12.1. The van der Waals surface area contributed by atoms with E-state index in [-0.39, 0.29) is 18.1 Å². The van der Waals surface area contributed by atoms with E-state index >= 15 is 0 Å². The fourth-order valence-corrected chi connectivity index (χ4v) is 3.39. The lowest BCUT2D eigenvalue weighted by atomic mass is 10.00. The largest absolute Gasteiger partial charge is 0.393 e. The first-order valence-corrected chi connectivity index (χ1v) is 6.34. The Kier molecular flexibility index (Phi) is 2.64. The van der Waals surface area contributed by atoms with Crippen molar-refractivity contribution in [1.29, 1.82) is 0 Å². The van der Waals surface area contributed by atoms with Crippen LogP contribution in [0.25, 0.3) is 0 Å². The van der Waals surface area contributed by atoms with E-state index in [1.807, 2.05) is 4.90 Å². The molecule has 0 aromatic rings. The van der Waals surface area contributed by atoms with Crippen LogP contribution in [-0.2, 0) is 9.53 Å². The van der Waals surface area contributed by atoms with Gasteiger partial charge >= 0.3 is 0 Å². The molecule has 3 rings (SSSR count). The summed E-state index contributed by atoms with van der Waals surface area (Å²) < 4.78 is 5.42. The van der Waals surface area contributed by atoms with Crippen LogP contribution in [0.2, 0.25) is 0 Å². The lowest BCUT2D eigenvalue weighted by Crippen LogP contribution is -2.38. The molecule has 3 fully saturated rings. The molecule has 1 N–H and O–H groups in total. The van der Waals surface area contributed by atoms with Gasteiger partial charge in [0.05, 0.1) is 6.10 Å². The molecular formula is C12H19NO3. The van der Waals surface area contributed by atoms with Crippen LogP contribution in [0, 0.1) is 11.8 Å². The number of rotatable bonds is 1. The second-order valence-corrected chi connectivity index (χ2v) is 5.31. The topological polar surface area (TPSA) is 49.8 Å². The fraction of sp³-hybridized carbons (Fsp3) is 0.917. The van der Waals surface area contributed by atoms with E-state index < -0.39 is 0 Å². The zero-order valence-electron chi connectivity index (χ0n) is 9.47. The van der Waals surface area contributed by atoms with Crippen LogP contribution >= 0.6 is 0 Å². The van der Waals surface area contributed by atoms with E-state index in [0.29, 0.717) is 11.8 Å². The van der Waals surface area contributed by atoms with Gasteiger partial charge in [-0.3, -0.25) is 4.79 Å². The van der Waals surface area contributed by atoms with Gasteiger partial charge in [0, 0.05) is 25.6 Å². The first kappa shape index (κ1) is 10.5. The van der Waals surface area contributed by atoms with Gasteiger partial charge in [0.2, 0.25) is 0 Å². The highest BCUT2D eigenvalue weighted by Gasteiger charge is 2.44. The maximum atomic E-state index is 12.1. The van der Waals surface area contributed by atoms with Crippen molar-refractivity contribution >= 4 is 5.91 Å². The first-order chi connectivity index (χ1) is 7.75. The summed E-state index contributed by atoms with van der Waals surface area (Å²) in [7, 11) is 0. The van der Waals surface area contributed by atoms with Crippen molar-refractivity contribution < 1.29 is 14.6 Å². The zero-order valence-corrected chi connectivity index (χ0v) is 9.47. The summed E-state index contributed by atoms with van der Waals surface area (Å²) in [6.07, 6.45) is 3.47. The Bertz CT molecular complexity index is 288. The van der Waals surface area contributed by atoms with Gasteiger partial charge in [-0.2, -0.15) is 0 Å². The van der Waals surface area contributed by atoms with Crippen LogP contribution in [-0.4, -0.2) is 47.8 Å². The van der Waals surface area contributed by atoms with Gasteiger partial charge in [-0.25, -0.2) is 0 Å². The molecule has 2 aliphatic heterocycles. The molecule has 16 heavy (non-hydrogen) atoms. The average Bonchev–Trinajstić information content (AvgIpc) is 2.96. The molecule has 4 atom stereocenters. The van der Waals surface area contributed by atoms with Gasteiger partial charge in [-0.15, -0.1) is 0 Å². The van der Waals surface area contributed by atoms with Crippen LogP contribution in [0.1, 0.15) is 25.7 Å². The number of aliphatic hydroxyl groups excluding tert-OH is 1. The third kappa shape index (κ3) is 1.64. The summed E-state index contributed by atoms with van der Waals surface area (Å²) in [6.45, 7) is 2.30. The molecule has 0 bridgehead atoms. The third-order valence-corrected chi connectivity index (χ3v) is 4.34. The van der Waals surface area contributed by atoms with Crippen LogP contribution in [0.15, 0.2) is 0 Å². The van der Waals surface area contributed by atoms with E-state index in [0.717, 1.165) is 45.4 Å². The molecule has 0 spiro atoms. The molecule has 90 valence electrons. The highest BCUT2D eigenvalue weighted by atomic mass is 16.5. The number of carbonyl (C=O) groups excluding carboxylic acids is 1. The molecule has 2 heterocycles. The van der Waals surface area contributed by atoms with E-state index in [2.05, 4.69) is 0 Å². The number of ether oxygens (including phenoxy) is 1. The molecule has 1 amide bonds. The number of nitrogens with zero attached hydrogens (tertiary/aromatic N) is 1. The predicted molar refractivity (Wildman–Crippen MR) is 57.8 cm³/mol. The summed E-state index contributed by atoms with van der Waals surface area (Å²) in [5.74, 6) is 1.00. The van der Waals surface area contributed by atoms with Gasteiger partial charge in [0.15, 0.2) is 0 Å². The second kappa shape index (κ2) is 4.00. The predicted octanol–water partition coefficient (Wildman–Crippen LogP) is 0.395.